The summed E-state index contributed by atoms with van der Waals surface area (Å²) in [5, 5.41) is 24.2. The number of aliphatic carboxylic acids is 1. The number of carboxylic acids is 1. The molecule has 0 amide bonds. The second-order valence-electron chi connectivity index (χ2n) is 0.747. The normalized spacial score (nSPS) is 4.90. The Bertz CT molecular complexity index is 48.9. The molecule has 5 heteroatoms. The fraction of sp³-hybridized carbons (Fsp3) is 0.800. The van der Waals surface area contributed by atoms with Crippen LogP contribution in [0.1, 0.15) is 13.3 Å². The van der Waals surface area contributed by atoms with Gasteiger partial charge in [0.2, 0.25) is 0 Å². The van der Waals surface area contributed by atoms with Crippen LogP contribution in [0.25, 0.3) is 0 Å². The minimum absolute atomic E-state index is 0. The maximum atomic E-state index is 9.37. The first-order chi connectivity index (χ1) is 4.27. The van der Waals surface area contributed by atoms with Crippen LogP contribution in [-0.4, -0.2) is 25.3 Å². The van der Waals surface area contributed by atoms with Crippen molar-refractivity contribution in [3.8, 4) is 0 Å². The third kappa shape index (κ3) is 92.4. The Morgan fingerprint density at radius 3 is 1.40 bits per heavy atom. The summed E-state index contributed by atoms with van der Waals surface area (Å²) in [6, 6.07) is 0. The summed E-state index contributed by atoms with van der Waals surface area (Å²) in [5.74, 6) is -0.745. The van der Waals surface area contributed by atoms with Gasteiger partial charge in [-0.15, -0.1) is 0 Å². The first-order valence-electron chi connectivity index (χ1n) is 2.30. The molecular weight excluding hydrogens is 172 g/mol. The fourth-order valence-corrected chi connectivity index (χ4v) is 0. The van der Waals surface area contributed by atoms with E-state index in [0.29, 0.717) is 0 Å². The Labute approximate surface area is 75.8 Å². The molecule has 0 heterocycles. The zero-order valence-corrected chi connectivity index (χ0v) is 7.94. The van der Waals surface area contributed by atoms with Crippen LogP contribution < -0.4 is 10.2 Å². The first-order valence-corrected chi connectivity index (χ1v) is 2.30. The van der Waals surface area contributed by atoms with Crippen LogP contribution in [0.3, 0.4) is 0 Å². The van der Waals surface area contributed by atoms with Gasteiger partial charge >= 0.3 is 27.7 Å². The van der Waals surface area contributed by atoms with E-state index in [1.165, 1.54) is 0 Å². The second-order valence-corrected chi connectivity index (χ2v) is 0.747. The van der Waals surface area contributed by atoms with Crippen LogP contribution in [0.5, 0.6) is 0 Å². The van der Waals surface area contributed by atoms with Crippen LogP contribution >= 0.6 is 0 Å². The van der Waals surface area contributed by atoms with Gasteiger partial charge in [-0.3, -0.25) is 4.79 Å². The summed E-state index contributed by atoms with van der Waals surface area (Å²) in [4.78, 5) is 9.37. The van der Waals surface area contributed by atoms with Gasteiger partial charge in [-0.1, -0.05) is 6.92 Å². The maximum absolute atomic E-state index is 9.37. The third-order valence-electron chi connectivity index (χ3n) is 0.302. The van der Waals surface area contributed by atoms with E-state index in [1.54, 1.807) is 6.92 Å². The van der Waals surface area contributed by atoms with Crippen molar-refractivity contribution >= 4 is 5.97 Å². The van der Waals surface area contributed by atoms with E-state index in [1.807, 2.05) is 0 Å². The molecule has 0 aliphatic heterocycles. The molecule has 0 saturated carbocycles. The molecule has 0 aromatic carbocycles. The minimum atomic E-state index is -0.745. The monoisotopic (exact) mass is 184 g/mol. The first kappa shape index (κ1) is 22.5. The number of rotatable bonds is 1. The van der Waals surface area contributed by atoms with E-state index in [-0.39, 0.29) is 28.1 Å². The minimum Gasteiger partial charge on any atom is -0.857 e. The Hall–Kier alpha value is 0.104. The standard InChI is InChI=1S/C3H6O2.2CH3O.Ti/c1-2-3(4)5;2*1-2;/h2H2,1H3,(H,4,5);2*1H3;/q;2*-1;+2. The molecule has 4 nitrogen and oxygen atoms in total. The van der Waals surface area contributed by atoms with E-state index >= 15 is 0 Å². The van der Waals surface area contributed by atoms with Crippen molar-refractivity contribution in [2.75, 3.05) is 14.2 Å². The van der Waals surface area contributed by atoms with Gasteiger partial charge in [-0.2, -0.15) is 14.2 Å². The molecule has 0 unspecified atom stereocenters. The summed E-state index contributed by atoms with van der Waals surface area (Å²) < 4.78 is 0. The van der Waals surface area contributed by atoms with Crippen molar-refractivity contribution in [3.63, 3.8) is 0 Å². The summed E-state index contributed by atoms with van der Waals surface area (Å²) in [6.45, 7) is 1.60. The predicted octanol–water partition coefficient (Wildman–Crippen LogP) is -1.57. The third-order valence-corrected chi connectivity index (χ3v) is 0.302. The average molecular weight is 184 g/mol. The topological polar surface area (TPSA) is 83.4 Å². The molecule has 0 atom stereocenters. The summed E-state index contributed by atoms with van der Waals surface area (Å²) in [7, 11) is 1.50. The molecule has 60 valence electrons. The molecule has 0 fully saturated rings. The summed E-state index contributed by atoms with van der Waals surface area (Å²) in [5.41, 5.74) is 0. The zero-order valence-electron chi connectivity index (χ0n) is 6.38. The van der Waals surface area contributed by atoms with E-state index in [4.69, 9.17) is 15.3 Å². The van der Waals surface area contributed by atoms with Crippen LogP contribution in [0.15, 0.2) is 0 Å². The molecule has 0 saturated heterocycles. The molecule has 0 aliphatic rings. The van der Waals surface area contributed by atoms with Crippen LogP contribution in [-0.2, 0) is 26.5 Å². The molecule has 1 N–H and O–H groups in total. The van der Waals surface area contributed by atoms with Gasteiger partial charge in [0.25, 0.3) is 0 Å². The molecule has 0 bridgehead atoms. The molecular formula is C5H12O4Ti. The van der Waals surface area contributed by atoms with Gasteiger partial charge < -0.3 is 15.3 Å². The Morgan fingerprint density at radius 1 is 1.30 bits per heavy atom. The predicted molar refractivity (Wildman–Crippen MR) is 29.8 cm³/mol. The van der Waals surface area contributed by atoms with Crippen molar-refractivity contribution in [1.29, 1.82) is 0 Å². The second kappa shape index (κ2) is 35.5. The van der Waals surface area contributed by atoms with Crippen LogP contribution in [0, 0.1) is 0 Å². The van der Waals surface area contributed by atoms with E-state index < -0.39 is 5.97 Å². The van der Waals surface area contributed by atoms with Crippen molar-refractivity contribution < 1.29 is 41.8 Å². The number of hydrogen-bond acceptors (Lipinski definition) is 3. The van der Waals surface area contributed by atoms with Gasteiger partial charge in [0.15, 0.2) is 0 Å². The number of carboxylic acid groups (broad SMARTS) is 1. The molecule has 0 rings (SSSR count). The molecule has 0 aliphatic carbocycles. The van der Waals surface area contributed by atoms with Gasteiger partial charge in [0, 0.05) is 6.42 Å². The average Bonchev–Trinajstić information content (AvgIpc) is 1.97. The van der Waals surface area contributed by atoms with Crippen molar-refractivity contribution in [1.82, 2.24) is 0 Å². The van der Waals surface area contributed by atoms with Gasteiger partial charge in [0.05, 0.1) is 0 Å². The largest absolute Gasteiger partial charge is 2.00 e. The van der Waals surface area contributed by atoms with Crippen molar-refractivity contribution in [2.24, 2.45) is 0 Å². The number of carbonyl (C=O) groups is 1. The smallest absolute Gasteiger partial charge is 0.857 e. The van der Waals surface area contributed by atoms with Crippen molar-refractivity contribution in [3.05, 3.63) is 0 Å². The van der Waals surface area contributed by atoms with Crippen LogP contribution in [0.2, 0.25) is 0 Å². The molecule has 0 radical (unpaired) electrons. The Morgan fingerprint density at radius 2 is 1.40 bits per heavy atom. The van der Waals surface area contributed by atoms with Gasteiger partial charge in [0.1, 0.15) is 0 Å². The quantitative estimate of drug-likeness (QED) is 0.499. The maximum Gasteiger partial charge on any atom is 2.00 e. The van der Waals surface area contributed by atoms with Gasteiger partial charge in [-0.05, 0) is 0 Å². The Balaban J connectivity index is -0.0000000315. The van der Waals surface area contributed by atoms with E-state index in [2.05, 4.69) is 0 Å². The summed E-state index contributed by atoms with van der Waals surface area (Å²) in [6.07, 6.45) is 0.222. The molecule has 0 aromatic rings. The van der Waals surface area contributed by atoms with Crippen LogP contribution in [0.4, 0.5) is 0 Å². The molecule has 10 heavy (non-hydrogen) atoms. The SMILES string of the molecule is CCC(=O)O.C[O-].C[O-].[Ti+2]. The molecule has 0 aromatic heterocycles. The number of hydrogen-bond donors (Lipinski definition) is 1. The van der Waals surface area contributed by atoms with E-state index in [9.17, 15) is 4.79 Å². The Kier molecular flexibility index (Phi) is 79.8. The summed E-state index contributed by atoms with van der Waals surface area (Å²) >= 11 is 0. The van der Waals surface area contributed by atoms with Crippen molar-refractivity contribution in [2.45, 2.75) is 13.3 Å². The zero-order chi connectivity index (χ0) is 8.28. The molecule has 0 spiro atoms. The fourth-order valence-electron chi connectivity index (χ4n) is 0. The van der Waals surface area contributed by atoms with Gasteiger partial charge in [-0.25, -0.2) is 0 Å². The van der Waals surface area contributed by atoms with E-state index in [0.717, 1.165) is 14.2 Å².